The lowest BCUT2D eigenvalue weighted by Crippen LogP contribution is -2.44. The van der Waals surface area contributed by atoms with E-state index in [0.717, 1.165) is 50.4 Å². The van der Waals surface area contributed by atoms with E-state index in [1.54, 1.807) is 0 Å². The van der Waals surface area contributed by atoms with Crippen LogP contribution in [-0.2, 0) is 9.53 Å². The van der Waals surface area contributed by atoms with Crippen LogP contribution in [0.1, 0.15) is 51.4 Å². The Bertz CT molecular complexity index is 504. The van der Waals surface area contributed by atoms with Crippen molar-refractivity contribution in [3.05, 3.63) is 11.6 Å². The fourth-order valence-electron chi connectivity index (χ4n) is 5.07. The van der Waals surface area contributed by atoms with Crippen molar-refractivity contribution < 1.29 is 9.53 Å². The summed E-state index contributed by atoms with van der Waals surface area (Å²) in [6, 6.07) is 0.593. The Morgan fingerprint density at radius 2 is 2.12 bits per heavy atom. The van der Waals surface area contributed by atoms with Gasteiger partial charge in [0.25, 0.3) is 0 Å². The molecule has 1 spiro atoms. The molecule has 134 valence electrons. The predicted molar refractivity (Wildman–Crippen MR) is 94.8 cm³/mol. The van der Waals surface area contributed by atoms with Gasteiger partial charge in [0.1, 0.15) is 0 Å². The van der Waals surface area contributed by atoms with Crippen LogP contribution in [0.5, 0.6) is 0 Å². The molecular weight excluding hydrogens is 300 g/mol. The molecule has 24 heavy (non-hydrogen) atoms. The largest absolute Gasteiger partial charge is 0.383 e. The Labute approximate surface area is 146 Å². The van der Waals surface area contributed by atoms with Gasteiger partial charge in [-0.1, -0.05) is 6.08 Å². The smallest absolute Gasteiger partial charge is 0.249 e. The number of nitrogens with zero attached hydrogens (tertiary/aromatic N) is 2. The van der Waals surface area contributed by atoms with Gasteiger partial charge in [0.05, 0.1) is 6.61 Å². The van der Waals surface area contributed by atoms with Crippen LogP contribution >= 0.6 is 0 Å². The van der Waals surface area contributed by atoms with Crippen LogP contribution in [-0.4, -0.2) is 61.6 Å². The maximum atomic E-state index is 12.6. The minimum atomic E-state index is 0.323. The van der Waals surface area contributed by atoms with Gasteiger partial charge in [0.2, 0.25) is 5.91 Å². The molecule has 4 heteroatoms. The number of hydrogen-bond acceptors (Lipinski definition) is 3. The zero-order chi connectivity index (χ0) is 16.6. The van der Waals surface area contributed by atoms with Crippen molar-refractivity contribution in [1.29, 1.82) is 0 Å². The first-order valence-electron chi connectivity index (χ1n) is 9.90. The molecule has 1 atom stereocenters. The number of carbonyl (C=O) groups is 1. The van der Waals surface area contributed by atoms with E-state index in [1.807, 2.05) is 7.11 Å². The van der Waals surface area contributed by atoms with Crippen LogP contribution in [0, 0.1) is 11.3 Å². The summed E-state index contributed by atoms with van der Waals surface area (Å²) < 4.78 is 5.51. The zero-order valence-corrected chi connectivity index (χ0v) is 15.1. The molecule has 2 saturated heterocycles. The van der Waals surface area contributed by atoms with Gasteiger partial charge in [-0.15, -0.1) is 0 Å². The topological polar surface area (TPSA) is 32.8 Å². The van der Waals surface area contributed by atoms with Crippen molar-refractivity contribution in [1.82, 2.24) is 9.80 Å². The second-order valence-corrected chi connectivity index (χ2v) is 8.60. The SMILES string of the molecule is COC[C@@H]1CC2(CCN(C(=O)C3=CCCC3)CC2)CN1CC1CC1. The van der Waals surface area contributed by atoms with Crippen molar-refractivity contribution in [3.63, 3.8) is 0 Å². The molecule has 0 radical (unpaired) electrons. The van der Waals surface area contributed by atoms with Gasteiger partial charge >= 0.3 is 0 Å². The van der Waals surface area contributed by atoms with E-state index in [4.69, 9.17) is 4.74 Å². The maximum absolute atomic E-state index is 12.6. The molecule has 0 aromatic rings. The summed E-state index contributed by atoms with van der Waals surface area (Å²) >= 11 is 0. The normalized spacial score (nSPS) is 30.1. The molecule has 2 heterocycles. The molecule has 0 bridgehead atoms. The molecule has 0 aromatic carbocycles. The van der Waals surface area contributed by atoms with Gasteiger partial charge in [-0.2, -0.15) is 0 Å². The van der Waals surface area contributed by atoms with E-state index in [-0.39, 0.29) is 0 Å². The summed E-state index contributed by atoms with van der Waals surface area (Å²) in [7, 11) is 1.83. The second kappa shape index (κ2) is 6.80. The lowest BCUT2D eigenvalue weighted by atomic mass is 9.76. The minimum Gasteiger partial charge on any atom is -0.383 e. The van der Waals surface area contributed by atoms with Crippen LogP contribution < -0.4 is 0 Å². The maximum Gasteiger partial charge on any atom is 0.249 e. The highest BCUT2D eigenvalue weighted by molar-refractivity contribution is 5.93. The Balaban J connectivity index is 1.36. The average Bonchev–Trinajstić information content (AvgIpc) is 3.11. The second-order valence-electron chi connectivity index (χ2n) is 8.60. The average molecular weight is 332 g/mol. The Hall–Kier alpha value is -0.870. The van der Waals surface area contributed by atoms with E-state index in [0.29, 0.717) is 17.4 Å². The van der Waals surface area contributed by atoms with Crippen LogP contribution in [0.3, 0.4) is 0 Å². The Morgan fingerprint density at radius 1 is 1.33 bits per heavy atom. The molecule has 0 unspecified atom stereocenters. The number of likely N-dealkylation sites (tertiary alicyclic amines) is 2. The molecule has 0 aromatic heterocycles. The lowest BCUT2D eigenvalue weighted by Gasteiger charge is -2.39. The van der Waals surface area contributed by atoms with Gasteiger partial charge in [0, 0.05) is 44.9 Å². The third kappa shape index (κ3) is 3.41. The van der Waals surface area contributed by atoms with E-state index < -0.39 is 0 Å². The number of allylic oxidation sites excluding steroid dienone is 1. The van der Waals surface area contributed by atoms with Gasteiger partial charge in [-0.3, -0.25) is 9.69 Å². The number of methoxy groups -OCH3 is 1. The third-order valence-electron chi connectivity index (χ3n) is 6.70. The van der Waals surface area contributed by atoms with Gasteiger partial charge < -0.3 is 9.64 Å². The summed E-state index contributed by atoms with van der Waals surface area (Å²) in [5.41, 5.74) is 1.50. The summed E-state index contributed by atoms with van der Waals surface area (Å²) in [6.07, 6.45) is 11.8. The van der Waals surface area contributed by atoms with Gasteiger partial charge in [-0.05, 0) is 62.7 Å². The molecule has 4 nitrogen and oxygen atoms in total. The number of carbonyl (C=O) groups excluding carboxylic acids is 1. The van der Waals surface area contributed by atoms with E-state index in [2.05, 4.69) is 15.9 Å². The fourth-order valence-corrected chi connectivity index (χ4v) is 5.07. The lowest BCUT2D eigenvalue weighted by molar-refractivity contribution is -0.129. The van der Waals surface area contributed by atoms with E-state index >= 15 is 0 Å². The molecule has 3 fully saturated rings. The van der Waals surface area contributed by atoms with Gasteiger partial charge in [-0.25, -0.2) is 0 Å². The van der Waals surface area contributed by atoms with Crippen molar-refractivity contribution >= 4 is 5.91 Å². The van der Waals surface area contributed by atoms with Crippen LogP contribution in [0.15, 0.2) is 11.6 Å². The fraction of sp³-hybridized carbons (Fsp3) is 0.850. The van der Waals surface area contributed by atoms with E-state index in [9.17, 15) is 4.79 Å². The number of hydrogen-bond donors (Lipinski definition) is 0. The highest BCUT2D eigenvalue weighted by Gasteiger charge is 2.47. The predicted octanol–water partition coefficient (Wildman–Crippen LogP) is 2.84. The first-order chi connectivity index (χ1) is 11.7. The molecule has 2 aliphatic heterocycles. The van der Waals surface area contributed by atoms with E-state index in [1.165, 1.54) is 45.2 Å². The molecule has 4 aliphatic rings. The van der Waals surface area contributed by atoms with Gasteiger partial charge in [0.15, 0.2) is 0 Å². The van der Waals surface area contributed by atoms with Crippen LogP contribution in [0.2, 0.25) is 0 Å². The van der Waals surface area contributed by atoms with Crippen molar-refractivity contribution in [2.45, 2.75) is 57.4 Å². The molecular formula is C20H32N2O2. The third-order valence-corrected chi connectivity index (χ3v) is 6.70. The standard InChI is InChI=1S/C20H32N2O2/c1-24-14-18-12-20(15-22(18)13-16-6-7-16)8-10-21(11-9-20)19(23)17-4-2-3-5-17/h4,16,18H,2-3,5-15H2,1H3/t18-/m0/s1. The quantitative estimate of drug-likeness (QED) is 0.776. The number of piperidine rings is 1. The molecule has 1 amide bonds. The van der Waals surface area contributed by atoms with Crippen molar-refractivity contribution in [2.75, 3.05) is 39.9 Å². The van der Waals surface area contributed by atoms with Crippen molar-refractivity contribution in [2.24, 2.45) is 11.3 Å². The Kier molecular flexibility index (Phi) is 4.70. The molecule has 4 rings (SSSR count). The monoisotopic (exact) mass is 332 g/mol. The highest BCUT2D eigenvalue weighted by atomic mass is 16.5. The van der Waals surface area contributed by atoms with Crippen LogP contribution in [0.4, 0.5) is 0 Å². The molecule has 2 aliphatic carbocycles. The zero-order valence-electron chi connectivity index (χ0n) is 15.1. The van der Waals surface area contributed by atoms with Crippen molar-refractivity contribution in [3.8, 4) is 0 Å². The summed E-state index contributed by atoms with van der Waals surface area (Å²) in [4.78, 5) is 17.4. The molecule has 1 saturated carbocycles. The summed E-state index contributed by atoms with van der Waals surface area (Å²) in [5.74, 6) is 1.26. The minimum absolute atomic E-state index is 0.323. The molecule has 0 N–H and O–H groups in total. The summed E-state index contributed by atoms with van der Waals surface area (Å²) in [5, 5.41) is 0. The van der Waals surface area contributed by atoms with Crippen LogP contribution in [0.25, 0.3) is 0 Å². The number of ether oxygens (including phenoxy) is 1. The Morgan fingerprint density at radius 3 is 2.75 bits per heavy atom. The number of rotatable bonds is 5. The number of amides is 1. The first kappa shape index (κ1) is 16.6. The summed E-state index contributed by atoms with van der Waals surface area (Å²) in [6.45, 7) is 5.26. The first-order valence-corrected chi connectivity index (χ1v) is 9.90. The highest BCUT2D eigenvalue weighted by Crippen LogP contribution is 2.45.